The summed E-state index contributed by atoms with van der Waals surface area (Å²) in [7, 11) is 0. The van der Waals surface area contributed by atoms with Gasteiger partial charge in [-0.2, -0.15) is 0 Å². The molecule has 0 saturated heterocycles. The molecule has 0 radical (unpaired) electrons. The van der Waals surface area contributed by atoms with Gasteiger partial charge in [0.1, 0.15) is 0 Å². The Morgan fingerprint density at radius 2 is 2.27 bits per heavy atom. The lowest BCUT2D eigenvalue weighted by Gasteiger charge is -1.98. The monoisotopic (exact) mass is 157 g/mol. The highest BCUT2D eigenvalue weighted by Gasteiger charge is 1.88. The first-order valence-electron chi connectivity index (χ1n) is 3.70. The number of amides is 1. The van der Waals surface area contributed by atoms with Crippen LogP contribution in [0.1, 0.15) is 20.3 Å². The molecule has 0 atom stereocenters. The van der Waals surface area contributed by atoms with Crippen LogP contribution in [0.15, 0.2) is 4.99 Å². The molecule has 0 aliphatic rings. The summed E-state index contributed by atoms with van der Waals surface area (Å²) in [6, 6.07) is 0. The molecule has 0 unspecified atom stereocenters. The lowest BCUT2D eigenvalue weighted by molar-refractivity contribution is -0.118. The van der Waals surface area contributed by atoms with Crippen LogP contribution in [0.25, 0.3) is 0 Å². The lowest BCUT2D eigenvalue weighted by atomic mass is 10.4. The molecule has 4 heteroatoms. The number of nitrogens with zero attached hydrogens (tertiary/aromatic N) is 1. The zero-order valence-electron chi connectivity index (χ0n) is 7.05. The van der Waals surface area contributed by atoms with Crippen molar-refractivity contribution in [3.8, 4) is 0 Å². The molecule has 0 heterocycles. The largest absolute Gasteiger partial charge is 0.387 e. The van der Waals surface area contributed by atoms with Crippen LogP contribution in [0.2, 0.25) is 0 Å². The Labute approximate surface area is 66.9 Å². The smallest absolute Gasteiger partial charge is 0.216 e. The Kier molecular flexibility index (Phi) is 5.15. The first-order chi connectivity index (χ1) is 5.16. The second kappa shape index (κ2) is 5.70. The summed E-state index contributed by atoms with van der Waals surface area (Å²) >= 11 is 0. The van der Waals surface area contributed by atoms with Crippen molar-refractivity contribution in [1.29, 1.82) is 0 Å². The zero-order chi connectivity index (χ0) is 8.69. The maximum atomic E-state index is 10.4. The van der Waals surface area contributed by atoms with Crippen molar-refractivity contribution < 1.29 is 4.79 Å². The minimum atomic E-state index is -0.0322. The van der Waals surface area contributed by atoms with Crippen molar-refractivity contribution in [2.45, 2.75) is 20.3 Å². The highest BCUT2D eigenvalue weighted by molar-refractivity contribution is 5.79. The van der Waals surface area contributed by atoms with Gasteiger partial charge in [0.05, 0.1) is 12.4 Å². The van der Waals surface area contributed by atoms with E-state index in [1.165, 1.54) is 6.92 Å². The first-order valence-corrected chi connectivity index (χ1v) is 3.70. The third-order valence-corrected chi connectivity index (χ3v) is 1.16. The SMILES string of the molecule is CCC(N)=NCCNC(C)=O. The molecule has 0 spiro atoms. The minimum absolute atomic E-state index is 0.0322. The summed E-state index contributed by atoms with van der Waals surface area (Å²) in [6.07, 6.45) is 0.764. The van der Waals surface area contributed by atoms with E-state index in [4.69, 9.17) is 5.73 Å². The van der Waals surface area contributed by atoms with Gasteiger partial charge >= 0.3 is 0 Å². The van der Waals surface area contributed by atoms with Gasteiger partial charge in [0.2, 0.25) is 5.91 Å². The molecule has 11 heavy (non-hydrogen) atoms. The Balaban J connectivity index is 3.33. The molecule has 0 rings (SSSR count). The van der Waals surface area contributed by atoms with Gasteiger partial charge in [-0.3, -0.25) is 9.79 Å². The van der Waals surface area contributed by atoms with Crippen molar-refractivity contribution in [1.82, 2.24) is 5.32 Å². The van der Waals surface area contributed by atoms with E-state index in [1.807, 2.05) is 6.92 Å². The third-order valence-electron chi connectivity index (χ3n) is 1.16. The van der Waals surface area contributed by atoms with E-state index in [2.05, 4.69) is 10.3 Å². The van der Waals surface area contributed by atoms with E-state index in [-0.39, 0.29) is 5.91 Å². The number of carbonyl (C=O) groups is 1. The molecule has 64 valence electrons. The number of aliphatic imine (C=N–C) groups is 1. The van der Waals surface area contributed by atoms with Crippen LogP contribution in [-0.4, -0.2) is 24.8 Å². The topological polar surface area (TPSA) is 67.5 Å². The van der Waals surface area contributed by atoms with E-state index in [0.29, 0.717) is 18.9 Å². The molecule has 0 aromatic carbocycles. The average molecular weight is 157 g/mol. The van der Waals surface area contributed by atoms with Crippen molar-refractivity contribution in [3.05, 3.63) is 0 Å². The molecule has 0 saturated carbocycles. The molecule has 3 N–H and O–H groups in total. The molecule has 0 fully saturated rings. The van der Waals surface area contributed by atoms with Crippen LogP contribution >= 0.6 is 0 Å². The fraction of sp³-hybridized carbons (Fsp3) is 0.714. The van der Waals surface area contributed by atoms with Crippen molar-refractivity contribution >= 4 is 11.7 Å². The number of rotatable bonds is 4. The second-order valence-corrected chi connectivity index (χ2v) is 2.21. The number of nitrogens with two attached hydrogens (primary N) is 1. The highest BCUT2D eigenvalue weighted by Crippen LogP contribution is 1.76. The van der Waals surface area contributed by atoms with Crippen LogP contribution < -0.4 is 11.1 Å². The normalized spacial score (nSPS) is 11.3. The molecule has 0 bridgehead atoms. The summed E-state index contributed by atoms with van der Waals surface area (Å²) in [6.45, 7) is 4.55. The number of amidine groups is 1. The van der Waals surface area contributed by atoms with E-state index < -0.39 is 0 Å². The van der Waals surface area contributed by atoms with Crippen LogP contribution in [0.4, 0.5) is 0 Å². The van der Waals surface area contributed by atoms with E-state index >= 15 is 0 Å². The Morgan fingerprint density at radius 3 is 2.73 bits per heavy atom. The van der Waals surface area contributed by atoms with Crippen LogP contribution in [0.3, 0.4) is 0 Å². The summed E-state index contributed by atoms with van der Waals surface area (Å²) in [5.41, 5.74) is 5.43. The van der Waals surface area contributed by atoms with Crippen molar-refractivity contribution in [2.24, 2.45) is 10.7 Å². The van der Waals surface area contributed by atoms with Crippen LogP contribution in [-0.2, 0) is 4.79 Å². The maximum Gasteiger partial charge on any atom is 0.216 e. The molecule has 0 aromatic rings. The Morgan fingerprint density at radius 1 is 1.64 bits per heavy atom. The van der Waals surface area contributed by atoms with Gasteiger partial charge in [-0.15, -0.1) is 0 Å². The predicted molar refractivity (Wildman–Crippen MR) is 45.5 cm³/mol. The molecule has 0 aliphatic carbocycles. The standard InChI is InChI=1S/C7H15N3O/c1-3-7(8)10-5-4-9-6(2)11/h3-5H2,1-2H3,(H2,8,10)(H,9,11). The molecule has 4 nitrogen and oxygen atoms in total. The molecular weight excluding hydrogens is 142 g/mol. The fourth-order valence-electron chi connectivity index (χ4n) is 0.543. The van der Waals surface area contributed by atoms with E-state index in [1.54, 1.807) is 0 Å². The fourth-order valence-corrected chi connectivity index (χ4v) is 0.543. The Hall–Kier alpha value is -1.06. The quantitative estimate of drug-likeness (QED) is 0.339. The highest BCUT2D eigenvalue weighted by atomic mass is 16.1. The van der Waals surface area contributed by atoms with Gasteiger partial charge in [-0.05, 0) is 0 Å². The van der Waals surface area contributed by atoms with E-state index in [0.717, 1.165) is 6.42 Å². The van der Waals surface area contributed by atoms with Crippen LogP contribution in [0.5, 0.6) is 0 Å². The Bertz CT molecular complexity index is 154. The minimum Gasteiger partial charge on any atom is -0.387 e. The number of nitrogens with one attached hydrogen (secondary N) is 1. The average Bonchev–Trinajstić information content (AvgIpc) is 1.97. The molecule has 0 aromatic heterocycles. The predicted octanol–water partition coefficient (Wildman–Crippen LogP) is -0.110. The molecule has 1 amide bonds. The van der Waals surface area contributed by atoms with Gasteiger partial charge in [0.25, 0.3) is 0 Å². The number of hydrogen-bond donors (Lipinski definition) is 2. The first kappa shape index (κ1) is 9.94. The van der Waals surface area contributed by atoms with E-state index in [9.17, 15) is 4.79 Å². The van der Waals surface area contributed by atoms with Gasteiger partial charge < -0.3 is 11.1 Å². The van der Waals surface area contributed by atoms with Gasteiger partial charge in [0.15, 0.2) is 0 Å². The zero-order valence-corrected chi connectivity index (χ0v) is 7.05. The summed E-state index contributed by atoms with van der Waals surface area (Å²) in [5.74, 6) is 0.602. The lowest BCUT2D eigenvalue weighted by Crippen LogP contribution is -2.23. The van der Waals surface area contributed by atoms with Gasteiger partial charge in [-0.1, -0.05) is 6.92 Å². The summed E-state index contributed by atoms with van der Waals surface area (Å²) in [5, 5.41) is 2.62. The number of hydrogen-bond acceptors (Lipinski definition) is 2. The van der Waals surface area contributed by atoms with Crippen molar-refractivity contribution in [2.75, 3.05) is 13.1 Å². The molecule has 0 aliphatic heterocycles. The van der Waals surface area contributed by atoms with Crippen molar-refractivity contribution in [3.63, 3.8) is 0 Å². The van der Waals surface area contributed by atoms with Gasteiger partial charge in [0, 0.05) is 19.9 Å². The third kappa shape index (κ3) is 6.83. The second-order valence-electron chi connectivity index (χ2n) is 2.21. The summed E-state index contributed by atoms with van der Waals surface area (Å²) < 4.78 is 0. The summed E-state index contributed by atoms with van der Waals surface area (Å²) in [4.78, 5) is 14.4. The maximum absolute atomic E-state index is 10.4. The molecular formula is C7H15N3O. The number of carbonyl (C=O) groups excluding carboxylic acids is 1. The van der Waals surface area contributed by atoms with Gasteiger partial charge in [-0.25, -0.2) is 0 Å². The van der Waals surface area contributed by atoms with Crippen LogP contribution in [0, 0.1) is 0 Å².